The first kappa shape index (κ1) is 15.0. The van der Waals surface area contributed by atoms with Gasteiger partial charge in [0.1, 0.15) is 11.6 Å². The molecule has 0 saturated carbocycles. The Balaban J connectivity index is 2.00. The summed E-state index contributed by atoms with van der Waals surface area (Å²) in [5.74, 6) is 1.65. The van der Waals surface area contributed by atoms with Crippen LogP contribution in [0.3, 0.4) is 0 Å². The molecule has 2 aromatic heterocycles. The number of hydrogen-bond acceptors (Lipinski definition) is 5. The van der Waals surface area contributed by atoms with Crippen LogP contribution in [0.4, 0.5) is 5.82 Å². The van der Waals surface area contributed by atoms with Crippen LogP contribution < -0.4 is 9.64 Å². The van der Waals surface area contributed by atoms with Crippen molar-refractivity contribution in [1.82, 2.24) is 15.2 Å². The van der Waals surface area contributed by atoms with Gasteiger partial charge >= 0.3 is 0 Å². The molecule has 0 bridgehead atoms. The summed E-state index contributed by atoms with van der Waals surface area (Å²) in [6.45, 7) is 0. The molecule has 0 aliphatic carbocycles. The molecule has 1 aromatic carbocycles. The third-order valence-electron chi connectivity index (χ3n) is 3.53. The third-order valence-corrected chi connectivity index (χ3v) is 3.53. The first-order valence-electron chi connectivity index (χ1n) is 7.30. The summed E-state index contributed by atoms with van der Waals surface area (Å²) in [6.07, 6.45) is 1.77. The maximum Gasteiger partial charge on any atom is 0.137 e. The van der Waals surface area contributed by atoms with Crippen LogP contribution in [0.5, 0.6) is 5.75 Å². The SMILES string of the molecule is COc1ccccc1-c1ccc(-c2cccnc2N(C)C)nn1. The molecule has 0 spiro atoms. The number of pyridine rings is 1. The Hall–Kier alpha value is -2.95. The van der Waals surface area contributed by atoms with Crippen LogP contribution in [-0.4, -0.2) is 36.4 Å². The lowest BCUT2D eigenvalue weighted by atomic mass is 10.1. The second kappa shape index (κ2) is 6.44. The lowest BCUT2D eigenvalue weighted by Crippen LogP contribution is -2.12. The van der Waals surface area contributed by atoms with E-state index in [0.717, 1.165) is 34.1 Å². The zero-order valence-electron chi connectivity index (χ0n) is 13.4. The van der Waals surface area contributed by atoms with Crippen LogP contribution in [0.2, 0.25) is 0 Å². The maximum absolute atomic E-state index is 5.38. The predicted molar refractivity (Wildman–Crippen MR) is 91.6 cm³/mol. The molecule has 0 aliphatic rings. The van der Waals surface area contributed by atoms with Gasteiger partial charge in [0.15, 0.2) is 0 Å². The molecule has 0 atom stereocenters. The Morgan fingerprint density at radius 3 is 2.13 bits per heavy atom. The van der Waals surface area contributed by atoms with E-state index in [1.807, 2.05) is 67.5 Å². The fourth-order valence-electron chi connectivity index (χ4n) is 2.43. The molecule has 0 fully saturated rings. The summed E-state index contributed by atoms with van der Waals surface area (Å²) in [5, 5.41) is 8.73. The van der Waals surface area contributed by atoms with Crippen molar-refractivity contribution in [2.24, 2.45) is 0 Å². The van der Waals surface area contributed by atoms with Crippen LogP contribution in [0.25, 0.3) is 22.5 Å². The lowest BCUT2D eigenvalue weighted by Gasteiger charge is -2.15. The van der Waals surface area contributed by atoms with E-state index >= 15 is 0 Å². The van der Waals surface area contributed by atoms with E-state index in [9.17, 15) is 0 Å². The van der Waals surface area contributed by atoms with E-state index < -0.39 is 0 Å². The van der Waals surface area contributed by atoms with Gasteiger partial charge in [0.05, 0.1) is 18.5 Å². The number of ether oxygens (including phenoxy) is 1. The molecule has 3 rings (SSSR count). The van der Waals surface area contributed by atoms with Gasteiger partial charge in [-0.2, -0.15) is 0 Å². The van der Waals surface area contributed by atoms with E-state index in [1.165, 1.54) is 0 Å². The standard InChI is InChI=1S/C18H18N4O/c1-22(2)18-14(8-6-12-19-18)16-11-10-15(20-21-16)13-7-4-5-9-17(13)23-3/h4-12H,1-3H3. The van der Waals surface area contributed by atoms with Gasteiger partial charge in [-0.25, -0.2) is 4.98 Å². The average Bonchev–Trinajstić information content (AvgIpc) is 2.62. The molecular formula is C18H18N4O. The molecule has 5 nitrogen and oxygen atoms in total. The molecular weight excluding hydrogens is 288 g/mol. The number of hydrogen-bond donors (Lipinski definition) is 0. The molecule has 0 unspecified atom stereocenters. The van der Waals surface area contributed by atoms with Crippen molar-refractivity contribution in [3.8, 4) is 28.3 Å². The average molecular weight is 306 g/mol. The zero-order chi connectivity index (χ0) is 16.2. The monoisotopic (exact) mass is 306 g/mol. The van der Waals surface area contributed by atoms with Crippen molar-refractivity contribution in [3.63, 3.8) is 0 Å². The molecule has 3 aromatic rings. The number of benzene rings is 1. The van der Waals surface area contributed by atoms with E-state index in [4.69, 9.17) is 4.74 Å². The number of aromatic nitrogens is 3. The smallest absolute Gasteiger partial charge is 0.137 e. The summed E-state index contributed by atoms with van der Waals surface area (Å²) in [5.41, 5.74) is 3.45. The molecule has 0 N–H and O–H groups in total. The van der Waals surface area contributed by atoms with Gasteiger partial charge in [-0.15, -0.1) is 10.2 Å². The minimum absolute atomic E-state index is 0.779. The van der Waals surface area contributed by atoms with Crippen LogP contribution >= 0.6 is 0 Å². The normalized spacial score (nSPS) is 10.4. The molecule has 2 heterocycles. The molecule has 23 heavy (non-hydrogen) atoms. The first-order valence-corrected chi connectivity index (χ1v) is 7.30. The van der Waals surface area contributed by atoms with Crippen molar-refractivity contribution in [2.75, 3.05) is 26.1 Å². The third kappa shape index (κ3) is 2.99. The van der Waals surface area contributed by atoms with E-state index in [-0.39, 0.29) is 0 Å². The van der Waals surface area contributed by atoms with Gasteiger partial charge in [0.25, 0.3) is 0 Å². The fourth-order valence-corrected chi connectivity index (χ4v) is 2.43. The number of anilines is 1. The predicted octanol–water partition coefficient (Wildman–Crippen LogP) is 3.28. The second-order valence-electron chi connectivity index (χ2n) is 5.27. The molecule has 116 valence electrons. The second-order valence-corrected chi connectivity index (χ2v) is 5.27. The Morgan fingerprint density at radius 2 is 1.48 bits per heavy atom. The molecule has 5 heteroatoms. The highest BCUT2D eigenvalue weighted by molar-refractivity contribution is 5.74. The number of para-hydroxylation sites is 1. The van der Waals surface area contributed by atoms with Crippen LogP contribution in [0, 0.1) is 0 Å². The van der Waals surface area contributed by atoms with Crippen molar-refractivity contribution < 1.29 is 4.74 Å². The first-order chi connectivity index (χ1) is 11.2. The van der Waals surface area contributed by atoms with Crippen LogP contribution in [0.15, 0.2) is 54.7 Å². The van der Waals surface area contributed by atoms with Gasteiger partial charge in [-0.05, 0) is 36.4 Å². The van der Waals surface area contributed by atoms with Gasteiger partial charge in [-0.1, -0.05) is 12.1 Å². The maximum atomic E-state index is 5.38. The Kier molecular flexibility index (Phi) is 4.19. The van der Waals surface area contributed by atoms with Gasteiger partial charge in [-0.3, -0.25) is 0 Å². The summed E-state index contributed by atoms with van der Waals surface area (Å²) in [4.78, 5) is 6.36. The van der Waals surface area contributed by atoms with E-state index in [1.54, 1.807) is 13.3 Å². The lowest BCUT2D eigenvalue weighted by molar-refractivity contribution is 0.416. The minimum Gasteiger partial charge on any atom is -0.496 e. The molecule has 0 radical (unpaired) electrons. The highest BCUT2D eigenvalue weighted by atomic mass is 16.5. The molecule has 0 amide bonds. The number of rotatable bonds is 4. The van der Waals surface area contributed by atoms with Crippen molar-refractivity contribution in [1.29, 1.82) is 0 Å². The van der Waals surface area contributed by atoms with Gasteiger partial charge < -0.3 is 9.64 Å². The Morgan fingerprint density at radius 1 is 0.826 bits per heavy atom. The molecule has 0 aliphatic heterocycles. The Labute approximate surface area is 135 Å². The summed E-state index contributed by atoms with van der Waals surface area (Å²) in [7, 11) is 5.57. The number of methoxy groups -OCH3 is 1. The molecule has 0 saturated heterocycles. The summed E-state index contributed by atoms with van der Waals surface area (Å²) in [6, 6.07) is 15.6. The number of nitrogens with zero attached hydrogens (tertiary/aromatic N) is 4. The summed E-state index contributed by atoms with van der Waals surface area (Å²) >= 11 is 0. The van der Waals surface area contributed by atoms with E-state index in [2.05, 4.69) is 15.2 Å². The topological polar surface area (TPSA) is 51.1 Å². The van der Waals surface area contributed by atoms with Gasteiger partial charge in [0, 0.05) is 31.4 Å². The van der Waals surface area contributed by atoms with Crippen molar-refractivity contribution in [2.45, 2.75) is 0 Å². The summed E-state index contributed by atoms with van der Waals surface area (Å²) < 4.78 is 5.38. The van der Waals surface area contributed by atoms with Crippen molar-refractivity contribution >= 4 is 5.82 Å². The van der Waals surface area contributed by atoms with Crippen LogP contribution in [0.1, 0.15) is 0 Å². The quantitative estimate of drug-likeness (QED) is 0.740. The fraction of sp³-hybridized carbons (Fsp3) is 0.167. The largest absolute Gasteiger partial charge is 0.496 e. The van der Waals surface area contributed by atoms with E-state index in [0.29, 0.717) is 0 Å². The zero-order valence-corrected chi connectivity index (χ0v) is 13.4. The van der Waals surface area contributed by atoms with Crippen LogP contribution in [-0.2, 0) is 0 Å². The van der Waals surface area contributed by atoms with Gasteiger partial charge in [0.2, 0.25) is 0 Å². The minimum atomic E-state index is 0.779. The highest BCUT2D eigenvalue weighted by Gasteiger charge is 2.11. The Bertz CT molecular complexity index is 800. The highest BCUT2D eigenvalue weighted by Crippen LogP contribution is 2.30. The van der Waals surface area contributed by atoms with Crippen molar-refractivity contribution in [3.05, 3.63) is 54.7 Å².